The van der Waals surface area contributed by atoms with Gasteiger partial charge in [-0.3, -0.25) is 0 Å². The van der Waals surface area contributed by atoms with Gasteiger partial charge in [-0.25, -0.2) is 9.98 Å². The van der Waals surface area contributed by atoms with Crippen molar-refractivity contribution in [2.24, 2.45) is 23.5 Å². The summed E-state index contributed by atoms with van der Waals surface area (Å²) in [4.78, 5) is 8.76. The Morgan fingerprint density at radius 2 is 2.07 bits per heavy atom. The summed E-state index contributed by atoms with van der Waals surface area (Å²) >= 11 is 0. The minimum Gasteiger partial charge on any atom is -0.490 e. The summed E-state index contributed by atoms with van der Waals surface area (Å²) in [5, 5.41) is 3.00. The van der Waals surface area contributed by atoms with Crippen LogP contribution < -0.4 is 21.5 Å². The van der Waals surface area contributed by atoms with Crippen molar-refractivity contribution in [3.63, 3.8) is 0 Å². The van der Waals surface area contributed by atoms with E-state index >= 15 is 0 Å². The van der Waals surface area contributed by atoms with E-state index in [-0.39, 0.29) is 24.5 Å². The number of benzene rings is 1. The van der Waals surface area contributed by atoms with Gasteiger partial charge in [-0.05, 0) is 38.0 Å². The molecule has 0 saturated heterocycles. The van der Waals surface area contributed by atoms with Crippen molar-refractivity contribution in [3.8, 4) is 5.75 Å². The minimum absolute atomic E-state index is 0.00513. The first-order valence-corrected chi connectivity index (χ1v) is 9.89. The highest BCUT2D eigenvalue weighted by Gasteiger charge is 2.28. The van der Waals surface area contributed by atoms with Gasteiger partial charge in [-0.15, -0.1) is 0 Å². The summed E-state index contributed by atoms with van der Waals surface area (Å²) in [7, 11) is 1.88. The van der Waals surface area contributed by atoms with Gasteiger partial charge in [0.1, 0.15) is 17.1 Å². The smallest absolute Gasteiger partial charge is 0.390 e. The van der Waals surface area contributed by atoms with Crippen LogP contribution in [-0.4, -0.2) is 40.3 Å². The van der Waals surface area contributed by atoms with Gasteiger partial charge in [0.25, 0.3) is 0 Å². The Kier molecular flexibility index (Phi) is 6.86. The third-order valence-electron chi connectivity index (χ3n) is 5.12. The van der Waals surface area contributed by atoms with Crippen molar-refractivity contribution in [1.82, 2.24) is 14.9 Å². The number of nitrogens with two attached hydrogens (primary N) is 2. The quantitative estimate of drug-likeness (QED) is 0.468. The van der Waals surface area contributed by atoms with E-state index in [1.54, 1.807) is 12.4 Å². The van der Waals surface area contributed by atoms with Crippen molar-refractivity contribution in [2.75, 3.05) is 6.54 Å². The molecule has 10 heteroatoms. The molecule has 1 aromatic carbocycles. The zero-order valence-electron chi connectivity index (χ0n) is 16.8. The van der Waals surface area contributed by atoms with Crippen LogP contribution in [0.15, 0.2) is 35.7 Å². The molecule has 2 aromatic rings. The molecule has 1 aliphatic rings. The lowest BCUT2D eigenvalue weighted by Crippen LogP contribution is -2.37. The van der Waals surface area contributed by atoms with Gasteiger partial charge in [-0.1, -0.05) is 0 Å². The molecule has 3 rings (SSSR count). The van der Waals surface area contributed by atoms with E-state index in [1.807, 2.05) is 17.7 Å². The Morgan fingerprint density at radius 3 is 2.73 bits per heavy atom. The number of halogens is 3. The first-order valence-electron chi connectivity index (χ1n) is 9.89. The monoisotopic (exact) mass is 424 g/mol. The second kappa shape index (κ2) is 9.38. The van der Waals surface area contributed by atoms with E-state index in [0.717, 1.165) is 31.2 Å². The van der Waals surface area contributed by atoms with Crippen molar-refractivity contribution in [1.29, 1.82) is 0 Å². The van der Waals surface area contributed by atoms with Crippen LogP contribution in [0.2, 0.25) is 0 Å². The summed E-state index contributed by atoms with van der Waals surface area (Å²) in [6.07, 6.45) is 2.65. The molecular weight excluding hydrogens is 397 g/mol. The number of aliphatic imine (C=N–C) groups is 1. The summed E-state index contributed by atoms with van der Waals surface area (Å²) in [5.41, 5.74) is 13.4. The molecule has 1 fully saturated rings. The number of amidine groups is 1. The second-order valence-corrected chi connectivity index (χ2v) is 7.47. The second-order valence-electron chi connectivity index (χ2n) is 7.47. The standard InChI is InChI=1S/C20H27F3N6O/c1-29-12-27-19-16(28-18(25)6-8-24)10-15(11-17(19)29)30-14-4-2-13(3-5-14)26-9-7-20(21,22)23/h6,8,10-14,26H,2-5,7,9,24H2,1H3,(H2,25,28)/b8-6-. The van der Waals surface area contributed by atoms with E-state index in [0.29, 0.717) is 17.0 Å². The molecule has 1 aliphatic carbocycles. The Morgan fingerprint density at radius 1 is 1.33 bits per heavy atom. The van der Waals surface area contributed by atoms with Gasteiger partial charge in [0.05, 0.1) is 30.1 Å². The van der Waals surface area contributed by atoms with Gasteiger partial charge >= 0.3 is 6.18 Å². The topological polar surface area (TPSA) is 103 Å². The molecule has 0 spiro atoms. The van der Waals surface area contributed by atoms with Crippen molar-refractivity contribution >= 4 is 22.6 Å². The normalized spacial score (nSPS) is 20.9. The summed E-state index contributed by atoms with van der Waals surface area (Å²) in [6.45, 7) is -0.0448. The highest BCUT2D eigenvalue weighted by atomic mass is 19.4. The van der Waals surface area contributed by atoms with Crippen LogP contribution in [0.1, 0.15) is 32.1 Å². The lowest BCUT2D eigenvalue weighted by Gasteiger charge is -2.30. The number of rotatable bonds is 7. The van der Waals surface area contributed by atoms with Crippen LogP contribution in [-0.2, 0) is 7.05 Å². The van der Waals surface area contributed by atoms with Crippen LogP contribution in [0, 0.1) is 0 Å². The summed E-state index contributed by atoms with van der Waals surface area (Å²) < 4.78 is 44.9. The van der Waals surface area contributed by atoms with Crippen LogP contribution in [0.3, 0.4) is 0 Å². The zero-order valence-corrected chi connectivity index (χ0v) is 16.8. The molecular formula is C20H27F3N6O. The number of nitrogens with zero attached hydrogens (tertiary/aromatic N) is 3. The van der Waals surface area contributed by atoms with E-state index in [2.05, 4.69) is 15.3 Å². The lowest BCUT2D eigenvalue weighted by molar-refractivity contribution is -0.133. The molecule has 1 saturated carbocycles. The van der Waals surface area contributed by atoms with E-state index in [1.165, 1.54) is 12.3 Å². The molecule has 1 aromatic heterocycles. The summed E-state index contributed by atoms with van der Waals surface area (Å²) in [5.74, 6) is 0.912. The molecule has 5 N–H and O–H groups in total. The molecule has 0 radical (unpaired) electrons. The number of alkyl halides is 3. The molecule has 0 atom stereocenters. The highest BCUT2D eigenvalue weighted by Crippen LogP contribution is 2.33. The van der Waals surface area contributed by atoms with Gasteiger partial charge in [0, 0.05) is 31.8 Å². The van der Waals surface area contributed by atoms with Crippen LogP contribution >= 0.6 is 0 Å². The molecule has 30 heavy (non-hydrogen) atoms. The number of aromatic nitrogens is 2. The molecule has 0 bridgehead atoms. The molecule has 0 amide bonds. The number of nitrogens with one attached hydrogen (secondary N) is 1. The van der Waals surface area contributed by atoms with Crippen molar-refractivity contribution < 1.29 is 17.9 Å². The predicted molar refractivity (Wildman–Crippen MR) is 111 cm³/mol. The average molecular weight is 424 g/mol. The number of hydrogen-bond acceptors (Lipinski definition) is 5. The van der Waals surface area contributed by atoms with E-state index in [9.17, 15) is 13.2 Å². The Bertz CT molecular complexity index is 913. The molecule has 164 valence electrons. The van der Waals surface area contributed by atoms with Crippen LogP contribution in [0.4, 0.5) is 18.9 Å². The van der Waals surface area contributed by atoms with Crippen LogP contribution in [0.25, 0.3) is 11.0 Å². The van der Waals surface area contributed by atoms with Crippen LogP contribution in [0.5, 0.6) is 5.75 Å². The number of aryl methyl sites for hydroxylation is 1. The molecule has 7 nitrogen and oxygen atoms in total. The minimum atomic E-state index is -4.12. The zero-order chi connectivity index (χ0) is 21.7. The average Bonchev–Trinajstić information content (AvgIpc) is 3.04. The fourth-order valence-electron chi connectivity index (χ4n) is 3.61. The SMILES string of the molecule is Cn1cnc2c(N=C(N)/C=C\N)cc(OC3CCC(NCCC(F)(F)F)CC3)cc21. The predicted octanol–water partition coefficient (Wildman–Crippen LogP) is 3.27. The fourth-order valence-corrected chi connectivity index (χ4v) is 3.61. The third kappa shape index (κ3) is 5.88. The Labute approximate surface area is 173 Å². The maximum Gasteiger partial charge on any atom is 0.390 e. The maximum absolute atomic E-state index is 12.3. The van der Waals surface area contributed by atoms with Gasteiger partial charge in [0.15, 0.2) is 0 Å². The number of fused-ring (bicyclic) bond motifs is 1. The van der Waals surface area contributed by atoms with E-state index in [4.69, 9.17) is 16.2 Å². The molecule has 1 heterocycles. The fraction of sp³-hybridized carbons (Fsp3) is 0.500. The first kappa shape index (κ1) is 21.9. The maximum atomic E-state index is 12.3. The van der Waals surface area contributed by atoms with Gasteiger partial charge in [0.2, 0.25) is 0 Å². The molecule has 0 unspecified atom stereocenters. The number of ether oxygens (including phenoxy) is 1. The van der Waals surface area contributed by atoms with Crippen molar-refractivity contribution in [2.45, 2.75) is 50.4 Å². The van der Waals surface area contributed by atoms with Crippen molar-refractivity contribution in [3.05, 3.63) is 30.7 Å². The Hall–Kier alpha value is -2.75. The largest absolute Gasteiger partial charge is 0.490 e. The Balaban J connectivity index is 1.65. The third-order valence-corrected chi connectivity index (χ3v) is 5.12. The van der Waals surface area contributed by atoms with Gasteiger partial charge < -0.3 is 26.1 Å². The summed E-state index contributed by atoms with van der Waals surface area (Å²) in [6, 6.07) is 3.79. The number of hydrogen-bond donors (Lipinski definition) is 3. The molecule has 0 aliphatic heterocycles. The lowest BCUT2D eigenvalue weighted by atomic mass is 9.93. The number of imidazole rings is 1. The van der Waals surface area contributed by atoms with E-state index < -0.39 is 12.6 Å². The van der Waals surface area contributed by atoms with Gasteiger partial charge in [-0.2, -0.15) is 13.2 Å². The highest BCUT2D eigenvalue weighted by molar-refractivity contribution is 5.97. The first-order chi connectivity index (χ1) is 14.2.